The van der Waals surface area contributed by atoms with Crippen LogP contribution in [0.5, 0.6) is 0 Å². The predicted molar refractivity (Wildman–Crippen MR) is 73.5 cm³/mol. The second kappa shape index (κ2) is 6.96. The van der Waals surface area contributed by atoms with E-state index in [-0.39, 0.29) is 11.9 Å². The van der Waals surface area contributed by atoms with Crippen molar-refractivity contribution in [1.29, 1.82) is 0 Å². The fourth-order valence-electron chi connectivity index (χ4n) is 1.28. The van der Waals surface area contributed by atoms with E-state index >= 15 is 0 Å². The van der Waals surface area contributed by atoms with E-state index in [0.717, 1.165) is 0 Å². The summed E-state index contributed by atoms with van der Waals surface area (Å²) >= 11 is 3.30. The first kappa shape index (κ1) is 14.4. The van der Waals surface area contributed by atoms with Gasteiger partial charge in [-0.2, -0.15) is 0 Å². The normalized spacial score (nSPS) is 10.4. The van der Waals surface area contributed by atoms with Crippen molar-refractivity contribution >= 4 is 33.5 Å². The highest BCUT2D eigenvalue weighted by atomic mass is 79.9. The van der Waals surface area contributed by atoms with Crippen molar-refractivity contribution in [3.8, 4) is 0 Å². The van der Waals surface area contributed by atoms with Crippen LogP contribution in [0.4, 0.5) is 5.69 Å². The number of carbonyl (C=O) groups excluding carboxylic acids is 2. The molecule has 1 rings (SSSR count). The van der Waals surface area contributed by atoms with Crippen LogP contribution in [0.2, 0.25) is 0 Å². The lowest BCUT2D eigenvalue weighted by atomic mass is 10.2. The van der Waals surface area contributed by atoms with Gasteiger partial charge >= 0.3 is 5.97 Å². The lowest BCUT2D eigenvalue weighted by molar-refractivity contribution is -0.111. The van der Waals surface area contributed by atoms with Gasteiger partial charge in [0, 0.05) is 4.47 Å². The zero-order valence-electron chi connectivity index (χ0n) is 10.2. The maximum atomic E-state index is 11.5. The summed E-state index contributed by atoms with van der Waals surface area (Å²) in [6.07, 6.45) is 3.07. The Bertz CT molecular complexity index is 483. The fraction of sp³-hybridized carbons (Fsp3) is 0.231. The lowest BCUT2D eigenvalue weighted by Crippen LogP contribution is -2.09. The molecule has 0 heterocycles. The highest BCUT2D eigenvalue weighted by molar-refractivity contribution is 9.10. The maximum Gasteiger partial charge on any atom is 0.338 e. The lowest BCUT2D eigenvalue weighted by Gasteiger charge is -2.07. The molecule has 0 unspecified atom stereocenters. The standard InChI is InChI=1S/C13H14BrNO3/c1-3-5-12(16)15-11-7-6-9(8-10(11)14)13(17)18-4-2/h3,5-8H,4H2,1-2H3,(H,15,16). The predicted octanol–water partition coefficient (Wildman–Crippen LogP) is 3.14. The quantitative estimate of drug-likeness (QED) is 0.686. The van der Waals surface area contributed by atoms with Crippen LogP contribution >= 0.6 is 15.9 Å². The van der Waals surface area contributed by atoms with E-state index in [0.29, 0.717) is 22.3 Å². The molecular formula is C13H14BrNO3. The highest BCUT2D eigenvalue weighted by Gasteiger charge is 2.09. The van der Waals surface area contributed by atoms with Crippen LogP contribution in [-0.4, -0.2) is 18.5 Å². The summed E-state index contributed by atoms with van der Waals surface area (Å²) in [4.78, 5) is 22.9. The Morgan fingerprint density at radius 1 is 1.44 bits per heavy atom. The van der Waals surface area contributed by atoms with Crippen LogP contribution in [0, 0.1) is 0 Å². The van der Waals surface area contributed by atoms with E-state index < -0.39 is 0 Å². The molecule has 1 amide bonds. The number of halogens is 1. The SMILES string of the molecule is CC=CC(=O)Nc1ccc(C(=O)OCC)cc1Br. The fourth-order valence-corrected chi connectivity index (χ4v) is 1.76. The molecule has 1 aromatic rings. The van der Waals surface area contributed by atoms with E-state index in [1.807, 2.05) is 0 Å². The second-order valence-corrected chi connectivity index (χ2v) is 4.26. The third-order valence-electron chi connectivity index (χ3n) is 2.06. The van der Waals surface area contributed by atoms with E-state index in [1.54, 1.807) is 38.1 Å². The molecule has 0 saturated carbocycles. The molecule has 4 nitrogen and oxygen atoms in total. The van der Waals surface area contributed by atoms with Gasteiger partial charge in [0.05, 0.1) is 17.9 Å². The summed E-state index contributed by atoms with van der Waals surface area (Å²) < 4.78 is 5.51. The molecule has 0 fully saturated rings. The number of allylic oxidation sites excluding steroid dienone is 1. The third-order valence-corrected chi connectivity index (χ3v) is 2.71. The minimum atomic E-state index is -0.385. The summed E-state index contributed by atoms with van der Waals surface area (Å²) in [5.41, 5.74) is 1.04. The van der Waals surface area contributed by atoms with Gasteiger partial charge in [-0.25, -0.2) is 4.79 Å². The van der Waals surface area contributed by atoms with Gasteiger partial charge in [-0.05, 0) is 54.1 Å². The van der Waals surface area contributed by atoms with Gasteiger partial charge in [-0.3, -0.25) is 4.79 Å². The minimum absolute atomic E-state index is 0.220. The Hall–Kier alpha value is -1.62. The molecule has 5 heteroatoms. The summed E-state index contributed by atoms with van der Waals surface area (Å²) in [5.74, 6) is -0.605. The summed E-state index contributed by atoms with van der Waals surface area (Å²) in [6, 6.07) is 4.87. The summed E-state index contributed by atoms with van der Waals surface area (Å²) in [7, 11) is 0. The minimum Gasteiger partial charge on any atom is -0.462 e. The van der Waals surface area contributed by atoms with Gasteiger partial charge in [0.2, 0.25) is 5.91 Å². The van der Waals surface area contributed by atoms with E-state index in [9.17, 15) is 9.59 Å². The molecule has 0 aliphatic heterocycles. The Kier molecular flexibility index (Phi) is 5.58. The van der Waals surface area contributed by atoms with Crippen molar-refractivity contribution in [3.05, 3.63) is 40.4 Å². The number of anilines is 1. The van der Waals surface area contributed by atoms with Gasteiger partial charge in [-0.15, -0.1) is 0 Å². The second-order valence-electron chi connectivity index (χ2n) is 3.40. The highest BCUT2D eigenvalue weighted by Crippen LogP contribution is 2.24. The number of nitrogens with one attached hydrogen (secondary N) is 1. The smallest absolute Gasteiger partial charge is 0.338 e. The molecule has 0 aliphatic rings. The topological polar surface area (TPSA) is 55.4 Å². The largest absolute Gasteiger partial charge is 0.462 e. The van der Waals surface area contributed by atoms with Crippen molar-refractivity contribution in [2.45, 2.75) is 13.8 Å². The number of amides is 1. The Morgan fingerprint density at radius 3 is 2.72 bits per heavy atom. The zero-order chi connectivity index (χ0) is 13.5. The zero-order valence-corrected chi connectivity index (χ0v) is 11.8. The van der Waals surface area contributed by atoms with Gasteiger partial charge < -0.3 is 10.1 Å². The molecule has 96 valence electrons. The Morgan fingerprint density at radius 2 is 2.17 bits per heavy atom. The summed E-state index contributed by atoms with van der Waals surface area (Å²) in [5, 5.41) is 2.68. The molecule has 0 aromatic heterocycles. The number of carbonyl (C=O) groups is 2. The number of benzene rings is 1. The van der Waals surface area contributed by atoms with Crippen molar-refractivity contribution in [2.24, 2.45) is 0 Å². The first-order valence-electron chi connectivity index (χ1n) is 5.48. The van der Waals surface area contributed by atoms with Crippen molar-refractivity contribution in [2.75, 3.05) is 11.9 Å². The first-order chi connectivity index (χ1) is 8.58. The third kappa shape index (κ3) is 4.00. The monoisotopic (exact) mass is 311 g/mol. The molecule has 0 bridgehead atoms. The average molecular weight is 312 g/mol. The maximum absolute atomic E-state index is 11.5. The number of rotatable bonds is 4. The van der Waals surface area contributed by atoms with Crippen molar-refractivity contribution in [3.63, 3.8) is 0 Å². The van der Waals surface area contributed by atoms with Gasteiger partial charge in [-0.1, -0.05) is 6.08 Å². The number of hydrogen-bond donors (Lipinski definition) is 1. The van der Waals surface area contributed by atoms with Crippen LogP contribution in [0.25, 0.3) is 0 Å². The molecule has 0 spiro atoms. The van der Waals surface area contributed by atoms with E-state index in [4.69, 9.17) is 4.74 Å². The molecule has 0 atom stereocenters. The van der Waals surface area contributed by atoms with Crippen molar-refractivity contribution < 1.29 is 14.3 Å². The van der Waals surface area contributed by atoms with Gasteiger partial charge in [0.25, 0.3) is 0 Å². The Labute approximate surface area is 114 Å². The molecule has 18 heavy (non-hydrogen) atoms. The first-order valence-corrected chi connectivity index (χ1v) is 6.28. The average Bonchev–Trinajstić information content (AvgIpc) is 2.32. The van der Waals surface area contributed by atoms with Crippen LogP contribution in [0.3, 0.4) is 0 Å². The number of esters is 1. The molecule has 1 aromatic carbocycles. The molecule has 0 saturated heterocycles. The molecule has 1 N–H and O–H groups in total. The van der Waals surface area contributed by atoms with Gasteiger partial charge in [0.15, 0.2) is 0 Å². The van der Waals surface area contributed by atoms with Crippen LogP contribution in [0.1, 0.15) is 24.2 Å². The number of hydrogen-bond acceptors (Lipinski definition) is 3. The molecule has 0 aliphatic carbocycles. The molecular weight excluding hydrogens is 298 g/mol. The van der Waals surface area contributed by atoms with E-state index in [1.165, 1.54) is 6.08 Å². The van der Waals surface area contributed by atoms with Crippen LogP contribution in [-0.2, 0) is 9.53 Å². The van der Waals surface area contributed by atoms with Crippen LogP contribution < -0.4 is 5.32 Å². The van der Waals surface area contributed by atoms with Crippen LogP contribution in [0.15, 0.2) is 34.8 Å². The molecule has 0 radical (unpaired) electrons. The Balaban J connectivity index is 2.86. The summed E-state index contributed by atoms with van der Waals surface area (Å²) in [6.45, 7) is 3.84. The number of ether oxygens (including phenoxy) is 1. The van der Waals surface area contributed by atoms with Crippen molar-refractivity contribution in [1.82, 2.24) is 0 Å². The van der Waals surface area contributed by atoms with E-state index in [2.05, 4.69) is 21.2 Å². The van der Waals surface area contributed by atoms with Gasteiger partial charge in [0.1, 0.15) is 0 Å².